The van der Waals surface area contributed by atoms with Gasteiger partial charge in [0.25, 0.3) is 0 Å². The van der Waals surface area contributed by atoms with E-state index < -0.39 is 0 Å². The van der Waals surface area contributed by atoms with Crippen LogP contribution in [0.15, 0.2) is 29.8 Å². The van der Waals surface area contributed by atoms with Gasteiger partial charge in [0.1, 0.15) is 5.01 Å². The van der Waals surface area contributed by atoms with E-state index in [1.807, 2.05) is 30.5 Å². The highest BCUT2D eigenvalue weighted by atomic mass is 32.1. The summed E-state index contributed by atoms with van der Waals surface area (Å²) in [5, 5.41) is 14.3. The lowest BCUT2D eigenvalue weighted by Crippen LogP contribution is -2.34. The molecule has 0 bridgehead atoms. The first-order valence-electron chi connectivity index (χ1n) is 6.45. The number of thiazole rings is 1. The fourth-order valence-corrected chi connectivity index (χ4v) is 2.55. The van der Waals surface area contributed by atoms with Gasteiger partial charge in [-0.1, -0.05) is 6.07 Å². The van der Waals surface area contributed by atoms with E-state index in [4.69, 9.17) is 5.11 Å². The quantitative estimate of drug-likeness (QED) is 0.848. The molecule has 0 aliphatic rings. The molecule has 0 spiro atoms. The molecule has 0 aromatic carbocycles. The maximum absolute atomic E-state index is 11.8. The van der Waals surface area contributed by atoms with Gasteiger partial charge in [-0.15, -0.1) is 11.3 Å². The van der Waals surface area contributed by atoms with Crippen LogP contribution < -0.4 is 5.32 Å². The Balaban J connectivity index is 1.95. The Morgan fingerprint density at radius 2 is 2.35 bits per heavy atom. The molecule has 0 saturated heterocycles. The van der Waals surface area contributed by atoms with Crippen LogP contribution in [-0.2, 0) is 11.2 Å². The Bertz CT molecular complexity index is 557. The molecule has 6 heteroatoms. The zero-order valence-corrected chi connectivity index (χ0v) is 12.1. The van der Waals surface area contributed by atoms with Crippen molar-refractivity contribution in [2.75, 3.05) is 6.61 Å². The molecule has 2 aromatic rings. The van der Waals surface area contributed by atoms with Crippen molar-refractivity contribution in [3.63, 3.8) is 0 Å². The lowest BCUT2D eigenvalue weighted by molar-refractivity contribution is -0.121. The third-order valence-electron chi connectivity index (χ3n) is 2.75. The standard InChI is InChI=1S/C14H17N3O2S/c1-10(5-7-18)16-13(19)8-11-9-20-14(17-11)12-4-2-3-6-15-12/h2-4,6,9-10,18H,5,7-8H2,1H3,(H,16,19). The summed E-state index contributed by atoms with van der Waals surface area (Å²) in [4.78, 5) is 20.5. The second-order valence-electron chi connectivity index (χ2n) is 4.52. The maximum Gasteiger partial charge on any atom is 0.226 e. The summed E-state index contributed by atoms with van der Waals surface area (Å²) in [6.45, 7) is 1.94. The minimum absolute atomic E-state index is 0.0265. The molecule has 0 fully saturated rings. The molecular formula is C14H17N3O2S. The van der Waals surface area contributed by atoms with Crippen LogP contribution in [0.3, 0.4) is 0 Å². The Morgan fingerprint density at radius 1 is 1.50 bits per heavy atom. The molecule has 1 atom stereocenters. The number of pyridine rings is 1. The second-order valence-corrected chi connectivity index (χ2v) is 5.37. The average molecular weight is 291 g/mol. The predicted octanol–water partition coefficient (Wildman–Crippen LogP) is 1.63. The Morgan fingerprint density at radius 3 is 3.05 bits per heavy atom. The summed E-state index contributed by atoms with van der Waals surface area (Å²) in [5.41, 5.74) is 1.56. The summed E-state index contributed by atoms with van der Waals surface area (Å²) in [5.74, 6) is -0.0798. The van der Waals surface area contributed by atoms with Gasteiger partial charge in [0.2, 0.25) is 5.91 Å². The van der Waals surface area contributed by atoms with E-state index in [0.717, 1.165) is 16.4 Å². The minimum Gasteiger partial charge on any atom is -0.396 e. The molecule has 106 valence electrons. The fraction of sp³-hybridized carbons (Fsp3) is 0.357. The summed E-state index contributed by atoms with van der Waals surface area (Å²) < 4.78 is 0. The number of aromatic nitrogens is 2. The normalized spacial score (nSPS) is 12.1. The van der Waals surface area contributed by atoms with Crippen LogP contribution in [0, 0.1) is 0 Å². The van der Waals surface area contributed by atoms with Crippen molar-refractivity contribution in [3.8, 4) is 10.7 Å². The molecule has 1 amide bonds. The van der Waals surface area contributed by atoms with Gasteiger partial charge in [-0.2, -0.15) is 0 Å². The van der Waals surface area contributed by atoms with Crippen molar-refractivity contribution < 1.29 is 9.90 Å². The lowest BCUT2D eigenvalue weighted by atomic mass is 10.2. The summed E-state index contributed by atoms with van der Waals surface area (Å²) in [7, 11) is 0. The summed E-state index contributed by atoms with van der Waals surface area (Å²) in [6.07, 6.45) is 2.53. The monoisotopic (exact) mass is 291 g/mol. The van der Waals surface area contributed by atoms with Crippen molar-refractivity contribution in [2.45, 2.75) is 25.8 Å². The zero-order chi connectivity index (χ0) is 14.4. The lowest BCUT2D eigenvalue weighted by Gasteiger charge is -2.11. The van der Waals surface area contributed by atoms with E-state index >= 15 is 0 Å². The number of amides is 1. The Hall–Kier alpha value is -1.79. The van der Waals surface area contributed by atoms with Crippen molar-refractivity contribution in [2.24, 2.45) is 0 Å². The molecule has 2 heterocycles. The largest absolute Gasteiger partial charge is 0.396 e. The molecule has 0 aliphatic carbocycles. The maximum atomic E-state index is 11.8. The third-order valence-corrected chi connectivity index (χ3v) is 3.66. The molecule has 20 heavy (non-hydrogen) atoms. The number of nitrogens with zero attached hydrogens (tertiary/aromatic N) is 2. The van der Waals surface area contributed by atoms with Crippen molar-refractivity contribution >= 4 is 17.2 Å². The van der Waals surface area contributed by atoms with E-state index in [-0.39, 0.29) is 25.0 Å². The summed E-state index contributed by atoms with van der Waals surface area (Å²) in [6, 6.07) is 5.63. The van der Waals surface area contributed by atoms with Crippen LogP contribution >= 0.6 is 11.3 Å². The molecule has 0 aliphatic heterocycles. The second kappa shape index (κ2) is 7.12. The first-order chi connectivity index (χ1) is 9.69. The number of carbonyl (C=O) groups excluding carboxylic acids is 1. The molecule has 2 aromatic heterocycles. The van der Waals surface area contributed by atoms with Gasteiger partial charge < -0.3 is 10.4 Å². The van der Waals surface area contributed by atoms with Gasteiger partial charge in [0, 0.05) is 24.2 Å². The van der Waals surface area contributed by atoms with Crippen LogP contribution in [-0.4, -0.2) is 33.6 Å². The van der Waals surface area contributed by atoms with E-state index in [2.05, 4.69) is 15.3 Å². The van der Waals surface area contributed by atoms with Crippen LogP contribution in [0.4, 0.5) is 0 Å². The van der Waals surface area contributed by atoms with Crippen LogP contribution in [0.5, 0.6) is 0 Å². The predicted molar refractivity (Wildman–Crippen MR) is 78.4 cm³/mol. The highest BCUT2D eigenvalue weighted by Gasteiger charge is 2.11. The summed E-state index contributed by atoms with van der Waals surface area (Å²) >= 11 is 1.48. The van der Waals surface area contributed by atoms with E-state index in [1.54, 1.807) is 6.20 Å². The Kier molecular flexibility index (Phi) is 5.20. The average Bonchev–Trinajstić information content (AvgIpc) is 2.88. The topological polar surface area (TPSA) is 75.1 Å². The highest BCUT2D eigenvalue weighted by Crippen LogP contribution is 2.21. The van der Waals surface area contributed by atoms with Crippen LogP contribution in [0.2, 0.25) is 0 Å². The molecule has 5 nitrogen and oxygen atoms in total. The number of nitrogens with one attached hydrogen (secondary N) is 1. The van der Waals surface area contributed by atoms with Crippen LogP contribution in [0.1, 0.15) is 19.0 Å². The molecule has 0 radical (unpaired) electrons. The zero-order valence-electron chi connectivity index (χ0n) is 11.2. The van der Waals surface area contributed by atoms with Gasteiger partial charge in [-0.05, 0) is 25.5 Å². The number of aliphatic hydroxyl groups excluding tert-OH is 1. The van der Waals surface area contributed by atoms with Crippen molar-refractivity contribution in [1.29, 1.82) is 0 Å². The number of rotatable bonds is 6. The van der Waals surface area contributed by atoms with Gasteiger partial charge in [0.15, 0.2) is 0 Å². The highest BCUT2D eigenvalue weighted by molar-refractivity contribution is 7.13. The van der Waals surface area contributed by atoms with Gasteiger partial charge in [-0.3, -0.25) is 9.78 Å². The number of aliphatic hydroxyl groups is 1. The van der Waals surface area contributed by atoms with Gasteiger partial charge in [0.05, 0.1) is 17.8 Å². The fourth-order valence-electron chi connectivity index (χ4n) is 1.75. The SMILES string of the molecule is CC(CCO)NC(=O)Cc1csc(-c2ccccn2)n1. The molecular weight excluding hydrogens is 274 g/mol. The van der Waals surface area contributed by atoms with Gasteiger partial charge in [-0.25, -0.2) is 4.98 Å². The number of carbonyl (C=O) groups is 1. The van der Waals surface area contributed by atoms with E-state index in [0.29, 0.717) is 6.42 Å². The van der Waals surface area contributed by atoms with Crippen molar-refractivity contribution in [1.82, 2.24) is 15.3 Å². The van der Waals surface area contributed by atoms with Crippen molar-refractivity contribution in [3.05, 3.63) is 35.5 Å². The number of hydrogen-bond acceptors (Lipinski definition) is 5. The number of hydrogen-bond donors (Lipinski definition) is 2. The van der Waals surface area contributed by atoms with E-state index in [9.17, 15) is 4.79 Å². The van der Waals surface area contributed by atoms with Gasteiger partial charge >= 0.3 is 0 Å². The molecule has 2 N–H and O–H groups in total. The molecule has 2 rings (SSSR count). The Labute approximate surface area is 121 Å². The molecule has 1 unspecified atom stereocenters. The third kappa shape index (κ3) is 4.11. The first kappa shape index (κ1) is 14.6. The smallest absolute Gasteiger partial charge is 0.226 e. The van der Waals surface area contributed by atoms with Crippen LogP contribution in [0.25, 0.3) is 10.7 Å². The minimum atomic E-state index is -0.0798. The first-order valence-corrected chi connectivity index (χ1v) is 7.33. The molecule has 0 saturated carbocycles. The van der Waals surface area contributed by atoms with E-state index in [1.165, 1.54) is 11.3 Å².